The van der Waals surface area contributed by atoms with Gasteiger partial charge in [0.15, 0.2) is 0 Å². The van der Waals surface area contributed by atoms with Gasteiger partial charge in [-0.25, -0.2) is 0 Å². The van der Waals surface area contributed by atoms with Gasteiger partial charge in [-0.2, -0.15) is 0 Å². The molecular formula is C20H31ClO. The van der Waals surface area contributed by atoms with Crippen molar-refractivity contribution in [1.29, 1.82) is 0 Å². The highest BCUT2D eigenvalue weighted by molar-refractivity contribution is 6.22. The molecule has 0 rings (SSSR count). The molecule has 0 aliphatic carbocycles. The number of hydrogen-bond donors (Lipinski definition) is 0. The van der Waals surface area contributed by atoms with E-state index in [1.165, 1.54) is 11.1 Å². The van der Waals surface area contributed by atoms with E-state index in [-0.39, 0.29) is 11.3 Å². The smallest absolute Gasteiger partial charge is 0.146 e. The lowest BCUT2D eigenvalue weighted by molar-refractivity contribution is -0.105. The normalized spacial score (nSPS) is 15.1. The first-order valence-corrected chi connectivity index (χ1v) is 8.49. The van der Waals surface area contributed by atoms with E-state index in [0.29, 0.717) is 0 Å². The second kappa shape index (κ2) is 11.5. The molecule has 0 amide bonds. The Morgan fingerprint density at radius 2 is 1.73 bits per heavy atom. The van der Waals surface area contributed by atoms with Crippen molar-refractivity contribution in [3.63, 3.8) is 0 Å². The first-order valence-electron chi connectivity index (χ1n) is 8.05. The summed E-state index contributed by atoms with van der Waals surface area (Å²) in [5.41, 5.74) is 4.56. The fourth-order valence-electron chi connectivity index (χ4n) is 1.94. The van der Waals surface area contributed by atoms with Crippen LogP contribution in [0.25, 0.3) is 0 Å². The Morgan fingerprint density at radius 1 is 1.09 bits per heavy atom. The van der Waals surface area contributed by atoms with E-state index in [9.17, 15) is 4.79 Å². The average Bonchev–Trinajstić information content (AvgIpc) is 2.44. The van der Waals surface area contributed by atoms with Crippen LogP contribution in [0.4, 0.5) is 0 Å². The summed E-state index contributed by atoms with van der Waals surface area (Å²) in [6.07, 6.45) is 11.2. The summed E-state index contributed by atoms with van der Waals surface area (Å²) in [7, 11) is 0. The molecule has 1 unspecified atom stereocenters. The maximum absolute atomic E-state index is 10.9. The minimum atomic E-state index is 0.0768. The van der Waals surface area contributed by atoms with Gasteiger partial charge in [0.05, 0.1) is 5.38 Å². The number of carbonyl (C=O) groups excluding carboxylic acids is 1. The molecule has 0 saturated heterocycles. The van der Waals surface area contributed by atoms with Crippen molar-refractivity contribution in [1.82, 2.24) is 0 Å². The zero-order valence-corrected chi connectivity index (χ0v) is 15.5. The SMILES string of the molecule is C=C(C)C(Cl)CC/C(C)=C/CC/C(C)=C/C=C(\C=O)C(C)C. The lowest BCUT2D eigenvalue weighted by Gasteiger charge is -2.08. The molecule has 0 aromatic carbocycles. The summed E-state index contributed by atoms with van der Waals surface area (Å²) in [6, 6.07) is 0. The van der Waals surface area contributed by atoms with Crippen LogP contribution < -0.4 is 0 Å². The van der Waals surface area contributed by atoms with Crippen molar-refractivity contribution in [3.05, 3.63) is 47.1 Å². The predicted molar refractivity (Wildman–Crippen MR) is 99.4 cm³/mol. The lowest BCUT2D eigenvalue weighted by atomic mass is 10.0. The summed E-state index contributed by atoms with van der Waals surface area (Å²) >= 11 is 6.18. The number of hydrogen-bond acceptors (Lipinski definition) is 1. The Bertz CT molecular complexity index is 452. The topological polar surface area (TPSA) is 17.1 Å². The minimum absolute atomic E-state index is 0.0768. The van der Waals surface area contributed by atoms with Crippen molar-refractivity contribution >= 4 is 17.9 Å². The minimum Gasteiger partial charge on any atom is -0.298 e. The Labute approximate surface area is 141 Å². The Morgan fingerprint density at radius 3 is 2.23 bits per heavy atom. The Hall–Kier alpha value is -1.08. The summed E-state index contributed by atoms with van der Waals surface area (Å²) in [6.45, 7) is 14.2. The predicted octanol–water partition coefficient (Wildman–Crippen LogP) is 6.40. The first kappa shape index (κ1) is 20.9. The zero-order valence-electron chi connectivity index (χ0n) is 14.8. The van der Waals surface area contributed by atoms with E-state index in [1.54, 1.807) is 0 Å². The van der Waals surface area contributed by atoms with Gasteiger partial charge >= 0.3 is 0 Å². The Kier molecular flexibility index (Phi) is 10.9. The fraction of sp³-hybridized carbons (Fsp3) is 0.550. The molecule has 0 aromatic heterocycles. The van der Waals surface area contributed by atoms with Gasteiger partial charge in [-0.3, -0.25) is 4.79 Å². The molecule has 0 radical (unpaired) electrons. The van der Waals surface area contributed by atoms with Gasteiger partial charge in [0, 0.05) is 0 Å². The molecule has 2 heteroatoms. The highest BCUT2D eigenvalue weighted by Gasteiger charge is 2.04. The molecular weight excluding hydrogens is 292 g/mol. The van der Waals surface area contributed by atoms with Gasteiger partial charge in [0.25, 0.3) is 0 Å². The highest BCUT2D eigenvalue weighted by Crippen LogP contribution is 2.18. The van der Waals surface area contributed by atoms with Crippen molar-refractivity contribution in [2.75, 3.05) is 0 Å². The number of halogens is 1. The van der Waals surface area contributed by atoms with Crippen LogP contribution in [0.5, 0.6) is 0 Å². The van der Waals surface area contributed by atoms with Gasteiger partial charge in [-0.15, -0.1) is 11.6 Å². The van der Waals surface area contributed by atoms with Gasteiger partial charge in [-0.1, -0.05) is 55.4 Å². The van der Waals surface area contributed by atoms with Crippen molar-refractivity contribution in [2.24, 2.45) is 5.92 Å². The zero-order chi connectivity index (χ0) is 17.1. The molecule has 0 saturated carbocycles. The molecule has 0 aliphatic heterocycles. The fourth-order valence-corrected chi connectivity index (χ4v) is 2.05. The molecule has 1 atom stereocenters. The van der Waals surface area contributed by atoms with Crippen LogP contribution in [-0.2, 0) is 4.79 Å². The maximum atomic E-state index is 10.9. The van der Waals surface area contributed by atoms with Crippen LogP contribution in [0.3, 0.4) is 0 Å². The molecule has 0 fully saturated rings. The van der Waals surface area contributed by atoms with Crippen LogP contribution >= 0.6 is 11.6 Å². The van der Waals surface area contributed by atoms with E-state index >= 15 is 0 Å². The summed E-state index contributed by atoms with van der Waals surface area (Å²) in [5.74, 6) is 0.278. The van der Waals surface area contributed by atoms with Crippen LogP contribution in [0.1, 0.15) is 60.3 Å². The molecule has 0 N–H and O–H groups in total. The third-order valence-corrected chi connectivity index (χ3v) is 4.31. The monoisotopic (exact) mass is 322 g/mol. The molecule has 0 aromatic rings. The third kappa shape index (κ3) is 9.78. The number of allylic oxidation sites excluding steroid dienone is 7. The number of alkyl halides is 1. The third-order valence-electron chi connectivity index (χ3n) is 3.72. The molecule has 0 heterocycles. The molecule has 0 spiro atoms. The van der Waals surface area contributed by atoms with E-state index in [2.05, 4.69) is 32.6 Å². The van der Waals surface area contributed by atoms with Gasteiger partial charge in [-0.05, 0) is 57.9 Å². The molecule has 0 bridgehead atoms. The van der Waals surface area contributed by atoms with Gasteiger partial charge in [0.2, 0.25) is 0 Å². The standard InChI is InChI=1S/C20H31ClO/c1-15(2)19(14-22)12-10-17(5)8-7-9-18(6)11-13-20(21)16(3)4/h9-10,12,14-15,20H,3,7-8,11,13H2,1-2,4-6H3/b17-10+,18-9+,19-12+. The van der Waals surface area contributed by atoms with Gasteiger partial charge in [0.1, 0.15) is 6.29 Å². The lowest BCUT2D eigenvalue weighted by Crippen LogP contribution is -1.99. The van der Waals surface area contributed by atoms with Gasteiger partial charge < -0.3 is 0 Å². The summed E-state index contributed by atoms with van der Waals surface area (Å²) in [4.78, 5) is 10.9. The summed E-state index contributed by atoms with van der Waals surface area (Å²) in [5, 5.41) is 0.0768. The van der Waals surface area contributed by atoms with Crippen LogP contribution in [0, 0.1) is 5.92 Å². The van der Waals surface area contributed by atoms with Crippen LogP contribution in [0.2, 0.25) is 0 Å². The van der Waals surface area contributed by atoms with E-state index < -0.39 is 0 Å². The Balaban J connectivity index is 4.29. The maximum Gasteiger partial charge on any atom is 0.146 e. The molecule has 1 nitrogen and oxygen atoms in total. The quantitative estimate of drug-likeness (QED) is 0.149. The van der Waals surface area contributed by atoms with E-state index in [0.717, 1.165) is 43.1 Å². The largest absolute Gasteiger partial charge is 0.298 e. The first-order chi connectivity index (χ1) is 10.3. The van der Waals surface area contributed by atoms with Crippen LogP contribution in [0.15, 0.2) is 47.1 Å². The van der Waals surface area contributed by atoms with Crippen molar-refractivity contribution in [2.45, 2.75) is 65.7 Å². The second-order valence-corrected chi connectivity index (χ2v) is 6.92. The van der Waals surface area contributed by atoms with Crippen molar-refractivity contribution < 1.29 is 4.79 Å². The number of aldehydes is 1. The molecule has 124 valence electrons. The number of rotatable bonds is 10. The van der Waals surface area contributed by atoms with Crippen LogP contribution in [-0.4, -0.2) is 11.7 Å². The van der Waals surface area contributed by atoms with E-state index in [4.69, 9.17) is 11.6 Å². The second-order valence-electron chi connectivity index (χ2n) is 6.39. The molecule has 0 aliphatic rings. The average molecular weight is 323 g/mol. The highest BCUT2D eigenvalue weighted by atomic mass is 35.5. The van der Waals surface area contributed by atoms with Crippen molar-refractivity contribution in [3.8, 4) is 0 Å². The van der Waals surface area contributed by atoms with E-state index in [1.807, 2.05) is 26.8 Å². The summed E-state index contributed by atoms with van der Waals surface area (Å²) < 4.78 is 0. The molecule has 22 heavy (non-hydrogen) atoms. The number of carbonyl (C=O) groups is 1.